The van der Waals surface area contributed by atoms with Crippen LogP contribution in [0.5, 0.6) is 0 Å². The van der Waals surface area contributed by atoms with Gasteiger partial charge in [0.25, 0.3) is 5.91 Å². The number of hydrogen-bond acceptors (Lipinski definition) is 7. The van der Waals surface area contributed by atoms with Crippen molar-refractivity contribution in [3.8, 4) is 6.07 Å². The third kappa shape index (κ3) is 3.97. The zero-order chi connectivity index (χ0) is 19.6. The van der Waals surface area contributed by atoms with E-state index < -0.39 is 0 Å². The number of aryl methyl sites for hydroxylation is 1. The number of nitrogens with zero attached hydrogens (tertiary/aromatic N) is 6. The highest BCUT2D eigenvalue weighted by atomic mass is 16.2. The second-order valence-corrected chi connectivity index (χ2v) is 6.90. The first-order valence-electron chi connectivity index (χ1n) is 8.83. The molecule has 1 aliphatic heterocycles. The van der Waals surface area contributed by atoms with Crippen molar-refractivity contribution in [2.24, 2.45) is 0 Å². The number of amides is 1. The maximum Gasteiger partial charge on any atom is 0.291 e. The van der Waals surface area contributed by atoms with Gasteiger partial charge >= 0.3 is 0 Å². The van der Waals surface area contributed by atoms with E-state index in [0.29, 0.717) is 11.4 Å². The van der Waals surface area contributed by atoms with Crippen molar-refractivity contribution in [3.05, 3.63) is 41.0 Å². The molecule has 2 aromatic rings. The summed E-state index contributed by atoms with van der Waals surface area (Å²) in [5.74, 6) is 1.51. The average molecular weight is 365 g/mol. The molecule has 0 unspecified atom stereocenters. The normalized spacial score (nSPS) is 16.1. The quantitative estimate of drug-likeness (QED) is 0.881. The zero-order valence-corrected chi connectivity index (χ0v) is 16.0. The average Bonchev–Trinajstić information content (AvgIpc) is 3.11. The molecule has 0 saturated carbocycles. The summed E-state index contributed by atoms with van der Waals surface area (Å²) in [6.07, 6.45) is 2.54. The summed E-state index contributed by atoms with van der Waals surface area (Å²) in [6.45, 7) is 5.44. The highest BCUT2D eigenvalue weighted by molar-refractivity contribution is 5.90. The van der Waals surface area contributed by atoms with E-state index >= 15 is 0 Å². The van der Waals surface area contributed by atoms with Gasteiger partial charge in [-0.05, 0) is 32.4 Å². The summed E-state index contributed by atoms with van der Waals surface area (Å²) in [6, 6.07) is 5.74. The van der Waals surface area contributed by atoms with E-state index in [2.05, 4.69) is 31.2 Å². The first-order valence-corrected chi connectivity index (χ1v) is 8.83. The topological polar surface area (TPSA) is 98.0 Å². The second kappa shape index (κ2) is 7.58. The molecule has 1 aliphatic rings. The minimum Gasteiger partial charge on any atom is -0.365 e. The summed E-state index contributed by atoms with van der Waals surface area (Å²) in [5, 5.41) is 12.4. The molecule has 1 saturated heterocycles. The van der Waals surface area contributed by atoms with Crippen LogP contribution in [0.25, 0.3) is 0 Å². The monoisotopic (exact) mass is 365 g/mol. The minimum absolute atomic E-state index is 0.189. The fraction of sp³-hybridized carbons (Fsp3) is 0.421. The van der Waals surface area contributed by atoms with E-state index in [4.69, 9.17) is 5.26 Å². The molecule has 1 amide bonds. The molecule has 3 heterocycles. The van der Waals surface area contributed by atoms with Gasteiger partial charge in [-0.2, -0.15) is 5.26 Å². The van der Waals surface area contributed by atoms with Crippen LogP contribution in [-0.2, 0) is 0 Å². The third-order valence-electron chi connectivity index (χ3n) is 4.69. The summed E-state index contributed by atoms with van der Waals surface area (Å²) in [4.78, 5) is 29.1. The van der Waals surface area contributed by atoms with Crippen LogP contribution in [0.3, 0.4) is 0 Å². The van der Waals surface area contributed by atoms with Gasteiger partial charge in [-0.3, -0.25) is 4.79 Å². The number of carbonyl (C=O) groups is 1. The van der Waals surface area contributed by atoms with E-state index in [-0.39, 0.29) is 17.8 Å². The van der Waals surface area contributed by atoms with Crippen LogP contribution >= 0.6 is 0 Å². The summed E-state index contributed by atoms with van der Waals surface area (Å²) >= 11 is 0. The van der Waals surface area contributed by atoms with E-state index in [1.54, 1.807) is 32.4 Å². The van der Waals surface area contributed by atoms with Gasteiger partial charge in [0.05, 0.1) is 11.6 Å². The van der Waals surface area contributed by atoms with Crippen LogP contribution in [0.1, 0.15) is 33.9 Å². The lowest BCUT2D eigenvalue weighted by Crippen LogP contribution is -2.30. The fourth-order valence-electron chi connectivity index (χ4n) is 3.08. The van der Waals surface area contributed by atoms with Gasteiger partial charge in [-0.15, -0.1) is 0 Å². The first kappa shape index (κ1) is 18.6. The highest BCUT2D eigenvalue weighted by Crippen LogP contribution is 2.25. The number of pyridine rings is 1. The molecule has 8 nitrogen and oxygen atoms in total. The Morgan fingerprint density at radius 3 is 2.85 bits per heavy atom. The van der Waals surface area contributed by atoms with Crippen molar-refractivity contribution in [3.63, 3.8) is 0 Å². The lowest BCUT2D eigenvalue weighted by Gasteiger charge is -2.22. The smallest absolute Gasteiger partial charge is 0.291 e. The van der Waals surface area contributed by atoms with Gasteiger partial charge in [0, 0.05) is 50.7 Å². The number of carbonyl (C=O) groups excluding carboxylic acids is 1. The maximum absolute atomic E-state index is 12.3. The molecule has 140 valence electrons. The highest BCUT2D eigenvalue weighted by Gasteiger charge is 2.27. The van der Waals surface area contributed by atoms with Crippen molar-refractivity contribution < 1.29 is 4.79 Å². The molecule has 1 fully saturated rings. The van der Waals surface area contributed by atoms with Crippen molar-refractivity contribution in [2.45, 2.75) is 26.3 Å². The van der Waals surface area contributed by atoms with Gasteiger partial charge in [0.1, 0.15) is 11.6 Å². The van der Waals surface area contributed by atoms with Crippen LogP contribution in [-0.4, -0.2) is 59.0 Å². The van der Waals surface area contributed by atoms with Crippen molar-refractivity contribution in [1.29, 1.82) is 5.26 Å². The molecule has 0 spiro atoms. The molecule has 1 N–H and O–H groups in total. The Labute approximate surface area is 158 Å². The van der Waals surface area contributed by atoms with Gasteiger partial charge in [-0.1, -0.05) is 0 Å². The van der Waals surface area contributed by atoms with Crippen LogP contribution in [0, 0.1) is 25.2 Å². The molecule has 0 bridgehead atoms. The third-order valence-corrected chi connectivity index (χ3v) is 4.69. The number of aromatic nitrogens is 3. The minimum atomic E-state index is -0.203. The lowest BCUT2D eigenvalue weighted by atomic mass is 10.2. The molecule has 8 heteroatoms. The molecular formula is C19H23N7O. The lowest BCUT2D eigenvalue weighted by molar-refractivity contribution is 0.0815. The largest absolute Gasteiger partial charge is 0.365 e. The van der Waals surface area contributed by atoms with Crippen LogP contribution in [0.4, 0.5) is 11.6 Å². The second-order valence-electron chi connectivity index (χ2n) is 6.90. The molecule has 0 aromatic carbocycles. The van der Waals surface area contributed by atoms with Crippen molar-refractivity contribution in [1.82, 2.24) is 19.9 Å². The molecule has 0 aliphatic carbocycles. The number of rotatable bonds is 4. The number of nitrogens with one attached hydrogen (secondary N) is 1. The number of hydrogen-bond donors (Lipinski definition) is 1. The van der Waals surface area contributed by atoms with E-state index in [0.717, 1.165) is 36.6 Å². The summed E-state index contributed by atoms with van der Waals surface area (Å²) in [7, 11) is 3.39. The Morgan fingerprint density at radius 1 is 1.37 bits per heavy atom. The molecule has 27 heavy (non-hydrogen) atoms. The molecule has 2 aromatic heterocycles. The van der Waals surface area contributed by atoms with Gasteiger partial charge in [0.2, 0.25) is 5.82 Å². The Kier molecular flexibility index (Phi) is 5.21. The Balaban J connectivity index is 1.78. The van der Waals surface area contributed by atoms with Gasteiger partial charge in [-0.25, -0.2) is 15.0 Å². The van der Waals surface area contributed by atoms with Crippen LogP contribution in [0.2, 0.25) is 0 Å². The Morgan fingerprint density at radius 2 is 2.15 bits per heavy atom. The number of nitriles is 1. The number of anilines is 2. The predicted molar refractivity (Wildman–Crippen MR) is 103 cm³/mol. The van der Waals surface area contributed by atoms with Crippen molar-refractivity contribution >= 4 is 17.5 Å². The first-order chi connectivity index (χ1) is 12.9. The van der Waals surface area contributed by atoms with E-state index in [9.17, 15) is 4.79 Å². The summed E-state index contributed by atoms with van der Waals surface area (Å²) in [5.41, 5.74) is 2.37. The van der Waals surface area contributed by atoms with E-state index in [1.807, 2.05) is 13.8 Å². The zero-order valence-electron chi connectivity index (χ0n) is 16.0. The molecule has 0 radical (unpaired) electrons. The van der Waals surface area contributed by atoms with Crippen LogP contribution < -0.4 is 10.2 Å². The fourth-order valence-corrected chi connectivity index (χ4v) is 3.08. The van der Waals surface area contributed by atoms with Gasteiger partial charge in [0.15, 0.2) is 0 Å². The Bertz CT molecular complexity index is 903. The SMILES string of the molecule is Cc1nc(C(=O)N(C)C)nc(N2CC[C@@H](Nc3cc(C#N)ccn3)C2)c1C. The Hall–Kier alpha value is -3.21. The maximum atomic E-state index is 12.3. The van der Waals surface area contributed by atoms with E-state index in [1.165, 1.54) is 4.90 Å². The molecular weight excluding hydrogens is 342 g/mol. The standard InChI is InChI=1S/C19H23N7O/c1-12-13(2)22-17(19(27)25(3)4)24-18(12)26-8-6-15(11-26)23-16-9-14(10-20)5-7-21-16/h5,7,9,15H,6,8,11H2,1-4H3,(H,21,23)/t15-/m1/s1. The van der Waals surface area contributed by atoms with Gasteiger partial charge < -0.3 is 15.1 Å². The predicted octanol–water partition coefficient (Wildman–Crippen LogP) is 1.75. The molecule has 1 atom stereocenters. The summed E-state index contributed by atoms with van der Waals surface area (Å²) < 4.78 is 0. The molecule has 3 rings (SSSR count). The van der Waals surface area contributed by atoms with Crippen LogP contribution in [0.15, 0.2) is 18.3 Å². The van der Waals surface area contributed by atoms with Crippen molar-refractivity contribution in [2.75, 3.05) is 37.4 Å².